The summed E-state index contributed by atoms with van der Waals surface area (Å²) in [7, 11) is 0. The van der Waals surface area contributed by atoms with Crippen LogP contribution in [0.4, 0.5) is 0 Å². The molecule has 5 heteroatoms. The van der Waals surface area contributed by atoms with Crippen molar-refractivity contribution in [3.05, 3.63) is 40.7 Å². The number of nitrogens with one attached hydrogen (secondary N) is 1. The van der Waals surface area contributed by atoms with Crippen molar-refractivity contribution in [2.75, 3.05) is 5.33 Å². The fourth-order valence-corrected chi connectivity index (χ4v) is 2.02. The Kier molecular flexibility index (Phi) is 3.64. The van der Waals surface area contributed by atoms with Crippen molar-refractivity contribution in [2.45, 2.75) is 6.92 Å². The maximum absolute atomic E-state index is 11.6. The fraction of sp³-hybridized carbons (Fsp3) is 0.167. The number of hydrogen-bond donors (Lipinski definition) is 1. The van der Waals surface area contributed by atoms with Crippen molar-refractivity contribution >= 4 is 33.3 Å². The molecule has 1 N–H and O–H groups in total. The van der Waals surface area contributed by atoms with Crippen molar-refractivity contribution in [1.82, 2.24) is 9.97 Å². The molecule has 0 saturated heterocycles. The summed E-state index contributed by atoms with van der Waals surface area (Å²) in [5.41, 5.74) is 2.11. The standard InChI is InChI=1S/C12H10BrClN2O/c1-7-11(10(17)6-13)16-12(15-7)8-3-2-4-9(14)5-8/h2-5H,6H2,1H3,(H,15,16). The summed E-state index contributed by atoms with van der Waals surface area (Å²) in [5.74, 6) is 0.626. The Labute approximate surface area is 112 Å². The van der Waals surface area contributed by atoms with E-state index in [4.69, 9.17) is 11.6 Å². The molecule has 1 heterocycles. The molecule has 0 aliphatic carbocycles. The molecule has 1 aromatic heterocycles. The number of rotatable bonds is 3. The Morgan fingerprint density at radius 1 is 1.53 bits per heavy atom. The van der Waals surface area contributed by atoms with E-state index in [2.05, 4.69) is 25.9 Å². The number of ketones is 1. The largest absolute Gasteiger partial charge is 0.341 e. The van der Waals surface area contributed by atoms with E-state index in [-0.39, 0.29) is 11.1 Å². The summed E-state index contributed by atoms with van der Waals surface area (Å²) >= 11 is 9.05. The lowest BCUT2D eigenvalue weighted by Crippen LogP contribution is -2.02. The Balaban J connectivity index is 2.44. The maximum atomic E-state index is 11.6. The molecule has 0 fully saturated rings. The number of aromatic nitrogens is 2. The number of Topliss-reactive ketones (excluding diaryl/α,β-unsaturated/α-hetero) is 1. The van der Waals surface area contributed by atoms with Gasteiger partial charge in [-0.05, 0) is 19.1 Å². The number of nitrogens with zero attached hydrogens (tertiary/aromatic N) is 1. The smallest absolute Gasteiger partial charge is 0.193 e. The van der Waals surface area contributed by atoms with Crippen LogP contribution < -0.4 is 0 Å². The van der Waals surface area contributed by atoms with E-state index < -0.39 is 0 Å². The first-order valence-electron chi connectivity index (χ1n) is 5.03. The maximum Gasteiger partial charge on any atom is 0.193 e. The zero-order valence-corrected chi connectivity index (χ0v) is 11.5. The van der Waals surface area contributed by atoms with E-state index in [1.54, 1.807) is 6.07 Å². The topological polar surface area (TPSA) is 45.8 Å². The number of benzene rings is 1. The number of imidazole rings is 1. The predicted octanol–water partition coefficient (Wildman–Crippen LogP) is 3.62. The first kappa shape index (κ1) is 12.3. The van der Waals surface area contributed by atoms with Gasteiger partial charge in [-0.3, -0.25) is 4.79 Å². The van der Waals surface area contributed by atoms with Gasteiger partial charge in [-0.25, -0.2) is 4.98 Å². The molecule has 0 unspecified atom stereocenters. The summed E-state index contributed by atoms with van der Waals surface area (Å²) in [6, 6.07) is 7.35. The Morgan fingerprint density at radius 2 is 2.29 bits per heavy atom. The van der Waals surface area contributed by atoms with Crippen molar-refractivity contribution in [3.8, 4) is 11.4 Å². The third-order valence-corrected chi connectivity index (χ3v) is 3.11. The summed E-state index contributed by atoms with van der Waals surface area (Å²) in [4.78, 5) is 19.0. The first-order chi connectivity index (χ1) is 8.11. The second-order valence-corrected chi connectivity index (χ2v) is 4.62. The molecule has 2 rings (SSSR count). The predicted molar refractivity (Wildman–Crippen MR) is 71.9 cm³/mol. The van der Waals surface area contributed by atoms with Crippen molar-refractivity contribution in [3.63, 3.8) is 0 Å². The van der Waals surface area contributed by atoms with E-state index in [1.165, 1.54) is 0 Å². The van der Waals surface area contributed by atoms with E-state index in [9.17, 15) is 4.79 Å². The fourth-order valence-electron chi connectivity index (χ4n) is 1.57. The second-order valence-electron chi connectivity index (χ2n) is 3.63. The van der Waals surface area contributed by atoms with Crippen LogP contribution in [0, 0.1) is 6.92 Å². The van der Waals surface area contributed by atoms with Gasteiger partial charge in [0.15, 0.2) is 5.78 Å². The van der Waals surface area contributed by atoms with Gasteiger partial charge in [-0.15, -0.1) is 0 Å². The van der Waals surface area contributed by atoms with Crippen LogP contribution in [0.2, 0.25) is 5.02 Å². The van der Waals surface area contributed by atoms with Gasteiger partial charge in [0.2, 0.25) is 0 Å². The molecule has 0 atom stereocenters. The average Bonchev–Trinajstić information content (AvgIpc) is 2.70. The molecule has 0 amide bonds. The molecular weight excluding hydrogens is 304 g/mol. The lowest BCUT2D eigenvalue weighted by atomic mass is 10.2. The van der Waals surface area contributed by atoms with Gasteiger partial charge >= 0.3 is 0 Å². The van der Waals surface area contributed by atoms with Crippen LogP contribution in [0.15, 0.2) is 24.3 Å². The summed E-state index contributed by atoms with van der Waals surface area (Å²) in [5, 5.41) is 0.915. The van der Waals surface area contributed by atoms with Gasteiger partial charge < -0.3 is 4.98 Å². The van der Waals surface area contributed by atoms with Crippen LogP contribution in [0.5, 0.6) is 0 Å². The third kappa shape index (κ3) is 2.58. The van der Waals surface area contributed by atoms with E-state index in [0.717, 1.165) is 11.3 Å². The van der Waals surface area contributed by atoms with Crippen LogP contribution in [-0.4, -0.2) is 21.1 Å². The quantitative estimate of drug-likeness (QED) is 0.695. The number of aryl methyl sites for hydroxylation is 1. The monoisotopic (exact) mass is 312 g/mol. The van der Waals surface area contributed by atoms with Crippen molar-refractivity contribution in [1.29, 1.82) is 0 Å². The number of halogens is 2. The van der Waals surface area contributed by atoms with Crippen molar-refractivity contribution < 1.29 is 4.79 Å². The van der Waals surface area contributed by atoms with Crippen molar-refractivity contribution in [2.24, 2.45) is 0 Å². The van der Waals surface area contributed by atoms with Gasteiger partial charge in [0.05, 0.1) is 5.33 Å². The normalized spacial score (nSPS) is 10.5. The molecule has 0 radical (unpaired) electrons. The molecule has 2 aromatic rings. The average molecular weight is 314 g/mol. The lowest BCUT2D eigenvalue weighted by molar-refractivity contribution is 0.101. The molecule has 3 nitrogen and oxygen atoms in total. The second kappa shape index (κ2) is 5.02. The third-order valence-electron chi connectivity index (χ3n) is 2.37. The SMILES string of the molecule is Cc1[nH]c(-c2cccc(Cl)c2)nc1C(=O)CBr. The molecule has 0 spiro atoms. The number of H-pyrrole nitrogens is 1. The summed E-state index contributed by atoms with van der Waals surface area (Å²) < 4.78 is 0. The number of hydrogen-bond acceptors (Lipinski definition) is 2. The highest BCUT2D eigenvalue weighted by atomic mass is 79.9. The van der Waals surface area contributed by atoms with E-state index in [1.807, 2.05) is 25.1 Å². The Bertz CT molecular complexity index is 565. The highest BCUT2D eigenvalue weighted by molar-refractivity contribution is 9.09. The summed E-state index contributed by atoms with van der Waals surface area (Å²) in [6.45, 7) is 1.83. The molecule has 17 heavy (non-hydrogen) atoms. The number of alkyl halides is 1. The zero-order chi connectivity index (χ0) is 12.4. The Morgan fingerprint density at radius 3 is 2.94 bits per heavy atom. The minimum atomic E-state index is -0.0352. The molecule has 0 aliphatic heterocycles. The Hall–Kier alpha value is -1.13. The molecular formula is C12H10BrClN2O. The zero-order valence-electron chi connectivity index (χ0n) is 9.13. The molecule has 0 aliphatic rings. The van der Waals surface area contributed by atoms with Crippen LogP contribution in [0.1, 0.15) is 16.2 Å². The van der Waals surface area contributed by atoms with Crippen LogP contribution in [-0.2, 0) is 0 Å². The number of carbonyl (C=O) groups excluding carboxylic acids is 1. The van der Waals surface area contributed by atoms with E-state index >= 15 is 0 Å². The van der Waals surface area contributed by atoms with Gasteiger partial charge in [0, 0.05) is 16.3 Å². The summed E-state index contributed by atoms with van der Waals surface area (Å²) in [6.07, 6.45) is 0. The minimum absolute atomic E-state index is 0.0352. The number of carbonyl (C=O) groups is 1. The molecule has 88 valence electrons. The van der Waals surface area contributed by atoms with Gasteiger partial charge in [-0.1, -0.05) is 39.7 Å². The molecule has 1 aromatic carbocycles. The van der Waals surface area contributed by atoms with Gasteiger partial charge in [-0.2, -0.15) is 0 Å². The van der Waals surface area contributed by atoms with Gasteiger partial charge in [0.25, 0.3) is 0 Å². The van der Waals surface area contributed by atoms with E-state index in [0.29, 0.717) is 16.5 Å². The minimum Gasteiger partial charge on any atom is -0.341 e. The molecule has 0 bridgehead atoms. The lowest BCUT2D eigenvalue weighted by Gasteiger charge is -1.96. The molecule has 0 saturated carbocycles. The first-order valence-corrected chi connectivity index (χ1v) is 6.53. The van der Waals surface area contributed by atoms with Crippen LogP contribution >= 0.6 is 27.5 Å². The van der Waals surface area contributed by atoms with Crippen LogP contribution in [0.3, 0.4) is 0 Å². The number of aromatic amines is 1. The van der Waals surface area contributed by atoms with Gasteiger partial charge in [0.1, 0.15) is 11.5 Å². The van der Waals surface area contributed by atoms with Crippen LogP contribution in [0.25, 0.3) is 11.4 Å². The highest BCUT2D eigenvalue weighted by Gasteiger charge is 2.14. The highest BCUT2D eigenvalue weighted by Crippen LogP contribution is 2.21.